The van der Waals surface area contributed by atoms with Gasteiger partial charge in [0.1, 0.15) is 0 Å². The van der Waals surface area contributed by atoms with Gasteiger partial charge in [-0.15, -0.1) is 0 Å². The molecule has 0 aliphatic heterocycles. The summed E-state index contributed by atoms with van der Waals surface area (Å²) in [5, 5.41) is 0. The summed E-state index contributed by atoms with van der Waals surface area (Å²) >= 11 is 0. The van der Waals surface area contributed by atoms with Crippen molar-refractivity contribution < 1.29 is 0 Å². The van der Waals surface area contributed by atoms with Crippen LogP contribution in [0.5, 0.6) is 0 Å². The van der Waals surface area contributed by atoms with Crippen LogP contribution in [0.3, 0.4) is 0 Å². The first kappa shape index (κ1) is 15.3. The van der Waals surface area contributed by atoms with E-state index < -0.39 is 0 Å². The van der Waals surface area contributed by atoms with Gasteiger partial charge in [-0.05, 0) is 67.6 Å². The van der Waals surface area contributed by atoms with Crippen molar-refractivity contribution in [2.45, 2.75) is 78.3 Å². The van der Waals surface area contributed by atoms with Gasteiger partial charge in [0.05, 0.1) is 0 Å². The molecule has 0 radical (unpaired) electrons. The van der Waals surface area contributed by atoms with Crippen molar-refractivity contribution in [3.63, 3.8) is 0 Å². The summed E-state index contributed by atoms with van der Waals surface area (Å²) in [6, 6.07) is 0.828. The third-order valence-electron chi connectivity index (χ3n) is 6.10. The molecule has 2 saturated carbocycles. The van der Waals surface area contributed by atoms with E-state index >= 15 is 0 Å². The van der Waals surface area contributed by atoms with E-state index in [1.54, 1.807) is 0 Å². The van der Waals surface area contributed by atoms with Gasteiger partial charge in [-0.3, -0.25) is 0 Å². The molecule has 0 aromatic heterocycles. The Morgan fingerprint density at radius 1 is 0.947 bits per heavy atom. The van der Waals surface area contributed by atoms with Crippen LogP contribution >= 0.6 is 0 Å². The second-order valence-corrected chi connectivity index (χ2v) is 8.35. The first-order chi connectivity index (χ1) is 8.79. The van der Waals surface area contributed by atoms with Crippen molar-refractivity contribution in [1.82, 2.24) is 0 Å². The van der Waals surface area contributed by atoms with Crippen molar-refractivity contribution in [1.29, 1.82) is 0 Å². The minimum absolute atomic E-state index is 0.339. The Morgan fingerprint density at radius 3 is 2.05 bits per heavy atom. The van der Waals surface area contributed by atoms with Crippen LogP contribution in [0.4, 0.5) is 0 Å². The molecule has 4 unspecified atom stereocenters. The first-order valence-corrected chi connectivity index (χ1v) is 8.30. The van der Waals surface area contributed by atoms with Crippen LogP contribution in [0.1, 0.15) is 66.2 Å². The maximum absolute atomic E-state index is 6.26. The lowest BCUT2D eigenvalue weighted by atomic mass is 9.64. The van der Waals surface area contributed by atoms with Crippen LogP contribution in [0.2, 0.25) is 0 Å². The van der Waals surface area contributed by atoms with E-state index in [0.717, 1.165) is 11.8 Å². The molecule has 2 fully saturated rings. The molecule has 0 amide bonds. The monoisotopic (exact) mass is 266 g/mol. The van der Waals surface area contributed by atoms with E-state index in [1.807, 2.05) is 0 Å². The van der Waals surface area contributed by atoms with Crippen LogP contribution in [0.25, 0.3) is 0 Å². The van der Waals surface area contributed by atoms with E-state index in [-0.39, 0.29) is 0 Å². The van der Waals surface area contributed by atoms with Gasteiger partial charge in [0.25, 0.3) is 0 Å². The normalized spacial score (nSPS) is 47.1. The van der Waals surface area contributed by atoms with Crippen molar-refractivity contribution in [2.75, 3.05) is 0 Å². The summed E-state index contributed by atoms with van der Waals surface area (Å²) in [7, 11) is 0. The van der Waals surface area contributed by atoms with Gasteiger partial charge in [-0.25, -0.2) is 0 Å². The zero-order chi connectivity index (χ0) is 14.2. The quantitative estimate of drug-likeness (QED) is 0.803. The van der Waals surface area contributed by atoms with E-state index in [4.69, 9.17) is 11.5 Å². The minimum Gasteiger partial charge on any atom is -0.327 e. The largest absolute Gasteiger partial charge is 0.327 e. The summed E-state index contributed by atoms with van der Waals surface area (Å²) in [4.78, 5) is 0. The molecule has 0 spiro atoms. The van der Waals surface area contributed by atoms with Crippen LogP contribution in [0.15, 0.2) is 0 Å². The van der Waals surface area contributed by atoms with Crippen molar-refractivity contribution in [3.8, 4) is 0 Å². The zero-order valence-electron chi connectivity index (χ0n) is 13.4. The molecule has 2 aliphatic rings. The summed E-state index contributed by atoms with van der Waals surface area (Å²) in [6.07, 6.45) is 7.98. The summed E-state index contributed by atoms with van der Waals surface area (Å²) in [5.74, 6) is 3.20. The average molecular weight is 266 g/mol. The fourth-order valence-corrected chi connectivity index (χ4v) is 4.69. The molecule has 112 valence electrons. The molecule has 0 saturated heterocycles. The van der Waals surface area contributed by atoms with E-state index in [0.29, 0.717) is 29.3 Å². The van der Waals surface area contributed by atoms with Crippen LogP contribution < -0.4 is 11.5 Å². The molecular formula is C17H34N2. The van der Waals surface area contributed by atoms with Gasteiger partial charge in [0, 0.05) is 12.1 Å². The SMILES string of the molecule is CC1CC(CC2CCC(N)C(C)(C)C2)CC(C)C1N. The highest BCUT2D eigenvalue weighted by atomic mass is 14.7. The first-order valence-electron chi connectivity index (χ1n) is 8.30. The Balaban J connectivity index is 1.88. The zero-order valence-corrected chi connectivity index (χ0v) is 13.4. The molecule has 2 aliphatic carbocycles. The topological polar surface area (TPSA) is 52.0 Å². The molecule has 0 aromatic carbocycles. The molecular weight excluding hydrogens is 232 g/mol. The highest BCUT2D eigenvalue weighted by Gasteiger charge is 2.37. The second-order valence-electron chi connectivity index (χ2n) is 8.35. The molecule has 4 N–H and O–H groups in total. The molecule has 4 atom stereocenters. The number of hydrogen-bond acceptors (Lipinski definition) is 2. The lowest BCUT2D eigenvalue weighted by Gasteiger charge is -2.43. The fourth-order valence-electron chi connectivity index (χ4n) is 4.69. The van der Waals surface area contributed by atoms with Gasteiger partial charge < -0.3 is 11.5 Å². The van der Waals surface area contributed by atoms with Crippen LogP contribution in [0, 0.1) is 29.1 Å². The Morgan fingerprint density at radius 2 is 1.53 bits per heavy atom. The van der Waals surface area contributed by atoms with E-state index in [2.05, 4.69) is 27.7 Å². The standard InChI is InChI=1S/C17H34N2/c1-11-7-14(8-12(2)16(11)19)9-13-5-6-15(18)17(3,4)10-13/h11-16H,5-10,18-19H2,1-4H3. The smallest absolute Gasteiger partial charge is 0.00905 e. The minimum atomic E-state index is 0.339. The molecule has 0 aromatic rings. The Kier molecular flexibility index (Phi) is 4.62. The van der Waals surface area contributed by atoms with Gasteiger partial charge in [0.15, 0.2) is 0 Å². The molecule has 0 heterocycles. The fraction of sp³-hybridized carbons (Fsp3) is 1.00. The Hall–Kier alpha value is -0.0800. The predicted octanol–water partition coefficient (Wildman–Crippen LogP) is 3.54. The summed E-state index contributed by atoms with van der Waals surface area (Å²) in [5.41, 5.74) is 12.9. The van der Waals surface area contributed by atoms with Crippen LogP contribution in [-0.2, 0) is 0 Å². The molecule has 0 bridgehead atoms. The van der Waals surface area contributed by atoms with Gasteiger partial charge in [0.2, 0.25) is 0 Å². The van der Waals surface area contributed by atoms with E-state index in [9.17, 15) is 0 Å². The Labute approximate surface area is 119 Å². The predicted molar refractivity (Wildman–Crippen MR) is 82.7 cm³/mol. The number of nitrogens with two attached hydrogens (primary N) is 2. The third kappa shape index (κ3) is 3.52. The summed E-state index contributed by atoms with van der Waals surface area (Å²) < 4.78 is 0. The average Bonchev–Trinajstić information content (AvgIpc) is 2.30. The maximum atomic E-state index is 6.26. The Bertz CT molecular complexity index is 288. The van der Waals surface area contributed by atoms with Gasteiger partial charge in [-0.2, -0.15) is 0 Å². The summed E-state index contributed by atoms with van der Waals surface area (Å²) in [6.45, 7) is 9.39. The van der Waals surface area contributed by atoms with Crippen molar-refractivity contribution >= 4 is 0 Å². The van der Waals surface area contributed by atoms with Crippen molar-refractivity contribution in [3.05, 3.63) is 0 Å². The molecule has 19 heavy (non-hydrogen) atoms. The lowest BCUT2D eigenvalue weighted by molar-refractivity contribution is 0.102. The van der Waals surface area contributed by atoms with Crippen LogP contribution in [-0.4, -0.2) is 12.1 Å². The highest BCUT2D eigenvalue weighted by molar-refractivity contribution is 4.91. The maximum Gasteiger partial charge on any atom is 0.00905 e. The molecule has 2 rings (SSSR count). The number of rotatable bonds is 2. The lowest BCUT2D eigenvalue weighted by Crippen LogP contribution is -2.44. The number of hydrogen-bond donors (Lipinski definition) is 2. The van der Waals surface area contributed by atoms with Gasteiger partial charge in [-0.1, -0.05) is 27.7 Å². The highest BCUT2D eigenvalue weighted by Crippen LogP contribution is 2.43. The van der Waals surface area contributed by atoms with Crippen molar-refractivity contribution in [2.24, 2.45) is 40.6 Å². The third-order valence-corrected chi connectivity index (χ3v) is 6.10. The molecule has 2 nitrogen and oxygen atoms in total. The molecule has 2 heteroatoms. The van der Waals surface area contributed by atoms with E-state index in [1.165, 1.54) is 38.5 Å². The van der Waals surface area contributed by atoms with Gasteiger partial charge >= 0.3 is 0 Å². The second kappa shape index (κ2) is 5.73.